The van der Waals surface area contributed by atoms with Crippen molar-refractivity contribution >= 4 is 22.5 Å². The molecular weight excluding hydrogens is 165 g/mol. The number of benzene rings is 1. The molecule has 0 aliphatic heterocycles. The summed E-state index contributed by atoms with van der Waals surface area (Å²) in [4.78, 5) is 2.77. The Morgan fingerprint density at radius 2 is 2.18 bits per heavy atom. The molecule has 0 saturated carbocycles. The number of aromatic amines is 1. The lowest BCUT2D eigenvalue weighted by Crippen LogP contribution is -1.70. The van der Waals surface area contributed by atoms with E-state index in [-0.39, 0.29) is 5.82 Å². The monoisotopic (exact) mass is 169 g/mol. The Labute approximate surface area is 67.8 Å². The first kappa shape index (κ1) is 6.68. The van der Waals surface area contributed by atoms with E-state index in [4.69, 9.17) is 11.6 Å². The average molecular weight is 170 g/mol. The first-order chi connectivity index (χ1) is 5.29. The van der Waals surface area contributed by atoms with E-state index < -0.39 is 0 Å². The number of halogens is 2. The standard InChI is InChI=1S/C8H5ClFN/c9-5-2-1-3-7-8(5)6(10)4-11-7/h1-4,11H. The van der Waals surface area contributed by atoms with Gasteiger partial charge in [0.05, 0.1) is 10.4 Å². The number of fused-ring (bicyclic) bond motifs is 1. The zero-order valence-electron chi connectivity index (χ0n) is 5.57. The number of hydrogen-bond donors (Lipinski definition) is 1. The maximum absolute atomic E-state index is 12.9. The molecule has 0 amide bonds. The quantitative estimate of drug-likeness (QED) is 0.624. The first-order valence-electron chi connectivity index (χ1n) is 3.20. The molecule has 0 radical (unpaired) electrons. The van der Waals surface area contributed by atoms with Crippen LogP contribution in [0.3, 0.4) is 0 Å². The van der Waals surface area contributed by atoms with Gasteiger partial charge >= 0.3 is 0 Å². The van der Waals surface area contributed by atoms with Gasteiger partial charge in [0.2, 0.25) is 0 Å². The summed E-state index contributed by atoms with van der Waals surface area (Å²) in [6.07, 6.45) is 1.30. The molecule has 0 bridgehead atoms. The van der Waals surface area contributed by atoms with Crippen LogP contribution in [0.4, 0.5) is 4.39 Å². The van der Waals surface area contributed by atoms with Gasteiger partial charge in [-0.25, -0.2) is 4.39 Å². The molecule has 3 heteroatoms. The van der Waals surface area contributed by atoms with Crippen LogP contribution < -0.4 is 0 Å². The molecule has 1 heterocycles. The van der Waals surface area contributed by atoms with Crippen LogP contribution in [0.15, 0.2) is 24.4 Å². The SMILES string of the molecule is Fc1c[nH]c2cccc(Cl)c12. The van der Waals surface area contributed by atoms with Crippen molar-refractivity contribution in [2.45, 2.75) is 0 Å². The number of H-pyrrole nitrogens is 1. The van der Waals surface area contributed by atoms with Gasteiger partial charge in [-0.15, -0.1) is 0 Å². The normalized spacial score (nSPS) is 10.7. The fourth-order valence-electron chi connectivity index (χ4n) is 1.10. The van der Waals surface area contributed by atoms with Crippen LogP contribution in [-0.4, -0.2) is 4.98 Å². The summed E-state index contributed by atoms with van der Waals surface area (Å²) in [6, 6.07) is 5.23. The molecule has 1 nitrogen and oxygen atoms in total. The zero-order valence-corrected chi connectivity index (χ0v) is 6.32. The van der Waals surface area contributed by atoms with Gasteiger partial charge in [-0.05, 0) is 12.1 Å². The first-order valence-corrected chi connectivity index (χ1v) is 3.58. The lowest BCUT2D eigenvalue weighted by Gasteiger charge is -1.91. The van der Waals surface area contributed by atoms with Gasteiger partial charge in [0.15, 0.2) is 0 Å². The van der Waals surface area contributed by atoms with Crippen molar-refractivity contribution in [1.29, 1.82) is 0 Å². The minimum absolute atomic E-state index is 0.300. The average Bonchev–Trinajstić information content (AvgIpc) is 2.34. The van der Waals surface area contributed by atoms with E-state index in [1.807, 2.05) is 0 Å². The highest BCUT2D eigenvalue weighted by atomic mass is 35.5. The van der Waals surface area contributed by atoms with Crippen LogP contribution in [-0.2, 0) is 0 Å². The van der Waals surface area contributed by atoms with Gasteiger partial charge in [-0.2, -0.15) is 0 Å². The van der Waals surface area contributed by atoms with E-state index in [2.05, 4.69) is 4.98 Å². The van der Waals surface area contributed by atoms with E-state index in [0.717, 1.165) is 5.52 Å². The van der Waals surface area contributed by atoms with Crippen molar-refractivity contribution in [2.75, 3.05) is 0 Å². The summed E-state index contributed by atoms with van der Waals surface area (Å²) >= 11 is 5.74. The molecule has 0 unspecified atom stereocenters. The molecule has 0 atom stereocenters. The molecule has 1 aromatic carbocycles. The fourth-order valence-corrected chi connectivity index (χ4v) is 1.37. The summed E-state index contributed by atoms with van der Waals surface area (Å²) in [7, 11) is 0. The molecular formula is C8H5ClFN. The number of rotatable bonds is 0. The summed E-state index contributed by atoms with van der Waals surface area (Å²) in [5.41, 5.74) is 0.731. The lowest BCUT2D eigenvalue weighted by molar-refractivity contribution is 0.639. The van der Waals surface area contributed by atoms with Crippen molar-refractivity contribution in [3.8, 4) is 0 Å². The van der Waals surface area contributed by atoms with Crippen molar-refractivity contribution in [3.05, 3.63) is 35.2 Å². The van der Waals surface area contributed by atoms with E-state index in [0.29, 0.717) is 10.4 Å². The highest BCUT2D eigenvalue weighted by Gasteiger charge is 2.04. The minimum Gasteiger partial charge on any atom is -0.358 e. The largest absolute Gasteiger partial charge is 0.358 e. The molecule has 11 heavy (non-hydrogen) atoms. The Kier molecular flexibility index (Phi) is 1.36. The Morgan fingerprint density at radius 1 is 1.36 bits per heavy atom. The lowest BCUT2D eigenvalue weighted by atomic mass is 10.2. The Hall–Kier alpha value is -1.02. The number of nitrogens with one attached hydrogen (secondary N) is 1. The minimum atomic E-state index is -0.300. The Morgan fingerprint density at radius 3 is 2.91 bits per heavy atom. The van der Waals surface area contributed by atoms with E-state index in [9.17, 15) is 4.39 Å². The smallest absolute Gasteiger partial charge is 0.149 e. The summed E-state index contributed by atoms with van der Waals surface area (Å²) in [5, 5.41) is 0.912. The van der Waals surface area contributed by atoms with Crippen molar-refractivity contribution < 1.29 is 4.39 Å². The predicted octanol–water partition coefficient (Wildman–Crippen LogP) is 2.96. The molecule has 0 saturated heterocycles. The van der Waals surface area contributed by atoms with Crippen molar-refractivity contribution in [2.24, 2.45) is 0 Å². The highest BCUT2D eigenvalue weighted by Crippen LogP contribution is 2.24. The van der Waals surface area contributed by atoms with Crippen LogP contribution in [0.2, 0.25) is 5.02 Å². The second-order valence-corrected chi connectivity index (χ2v) is 2.71. The Balaban J connectivity index is 2.96. The van der Waals surface area contributed by atoms with Crippen molar-refractivity contribution in [1.82, 2.24) is 4.98 Å². The van der Waals surface area contributed by atoms with Gasteiger partial charge in [0, 0.05) is 11.7 Å². The third-order valence-corrected chi connectivity index (χ3v) is 1.92. The number of aromatic nitrogens is 1. The second kappa shape index (κ2) is 2.24. The predicted molar refractivity (Wildman–Crippen MR) is 43.3 cm³/mol. The van der Waals surface area contributed by atoms with Crippen molar-refractivity contribution in [3.63, 3.8) is 0 Å². The summed E-state index contributed by atoms with van der Waals surface area (Å²) in [6.45, 7) is 0. The molecule has 0 aliphatic rings. The van der Waals surface area contributed by atoms with Crippen LogP contribution in [0, 0.1) is 5.82 Å². The topological polar surface area (TPSA) is 15.8 Å². The molecule has 0 aliphatic carbocycles. The van der Waals surface area contributed by atoms with Gasteiger partial charge in [0.25, 0.3) is 0 Å². The second-order valence-electron chi connectivity index (χ2n) is 2.30. The molecule has 0 spiro atoms. The van der Waals surface area contributed by atoms with Gasteiger partial charge < -0.3 is 4.98 Å². The summed E-state index contributed by atoms with van der Waals surface area (Å²) < 4.78 is 12.9. The van der Waals surface area contributed by atoms with E-state index in [1.165, 1.54) is 6.20 Å². The summed E-state index contributed by atoms with van der Waals surface area (Å²) in [5.74, 6) is -0.300. The maximum Gasteiger partial charge on any atom is 0.149 e. The zero-order chi connectivity index (χ0) is 7.84. The highest BCUT2D eigenvalue weighted by molar-refractivity contribution is 6.35. The molecule has 56 valence electrons. The van der Waals surface area contributed by atoms with Gasteiger partial charge in [-0.3, -0.25) is 0 Å². The van der Waals surface area contributed by atoms with Crippen LogP contribution >= 0.6 is 11.6 Å². The van der Waals surface area contributed by atoms with Gasteiger partial charge in [0.1, 0.15) is 5.82 Å². The molecule has 2 aromatic rings. The van der Waals surface area contributed by atoms with E-state index in [1.54, 1.807) is 18.2 Å². The molecule has 1 aromatic heterocycles. The van der Waals surface area contributed by atoms with Crippen LogP contribution in [0.25, 0.3) is 10.9 Å². The van der Waals surface area contributed by atoms with Crippen LogP contribution in [0.1, 0.15) is 0 Å². The van der Waals surface area contributed by atoms with E-state index >= 15 is 0 Å². The van der Waals surface area contributed by atoms with Crippen LogP contribution in [0.5, 0.6) is 0 Å². The third-order valence-electron chi connectivity index (χ3n) is 1.61. The Bertz CT molecular complexity index is 394. The third kappa shape index (κ3) is 0.906. The van der Waals surface area contributed by atoms with Gasteiger partial charge in [-0.1, -0.05) is 17.7 Å². The maximum atomic E-state index is 12.9. The number of hydrogen-bond acceptors (Lipinski definition) is 0. The molecule has 2 rings (SSSR count). The molecule has 0 fully saturated rings. The molecule has 1 N–H and O–H groups in total. The fraction of sp³-hybridized carbons (Fsp3) is 0.